The molecule has 0 radical (unpaired) electrons. The van der Waals surface area contributed by atoms with Crippen LogP contribution >= 0.6 is 0 Å². The molecule has 7 nitrogen and oxygen atoms in total. The summed E-state index contributed by atoms with van der Waals surface area (Å²) in [6, 6.07) is 0. The Bertz CT molecular complexity index is 259. The van der Waals surface area contributed by atoms with Gasteiger partial charge >= 0.3 is 5.97 Å². The average Bonchev–Trinajstić information content (AvgIpc) is 2.26. The van der Waals surface area contributed by atoms with Crippen LogP contribution in [0.3, 0.4) is 0 Å². The van der Waals surface area contributed by atoms with Gasteiger partial charge in [0.2, 0.25) is 0 Å². The number of nitrogens with zero attached hydrogens (tertiary/aromatic N) is 2. The zero-order valence-corrected chi connectivity index (χ0v) is 9.45. The third kappa shape index (κ3) is 8.23. The van der Waals surface area contributed by atoms with Crippen LogP contribution in [0.4, 0.5) is 0 Å². The highest BCUT2D eigenvalue weighted by molar-refractivity contribution is 5.69. The summed E-state index contributed by atoms with van der Waals surface area (Å²) in [6.45, 7) is 0.671. The monoisotopic (exact) mass is 244 g/mol. The van der Waals surface area contributed by atoms with Gasteiger partial charge < -0.3 is 19.5 Å². The van der Waals surface area contributed by atoms with Crippen molar-refractivity contribution in [2.24, 2.45) is 0 Å². The Balaban J connectivity index is 4.13. The van der Waals surface area contributed by atoms with Crippen molar-refractivity contribution >= 4 is 24.8 Å². The van der Waals surface area contributed by atoms with Crippen LogP contribution in [0.5, 0.6) is 0 Å². The first kappa shape index (κ1) is 15.4. The van der Waals surface area contributed by atoms with Gasteiger partial charge in [0.15, 0.2) is 0 Å². The van der Waals surface area contributed by atoms with Gasteiger partial charge in [-0.15, -0.1) is 0 Å². The van der Waals surface area contributed by atoms with Crippen molar-refractivity contribution in [3.05, 3.63) is 0 Å². The summed E-state index contributed by atoms with van der Waals surface area (Å²) in [5.74, 6) is -1.02. The normalized spacial score (nSPS) is 10.5. The van der Waals surface area contributed by atoms with Crippen LogP contribution in [0, 0.1) is 0 Å². The third-order valence-electron chi connectivity index (χ3n) is 2.09. The maximum absolute atomic E-state index is 10.5. The van der Waals surface area contributed by atoms with E-state index in [9.17, 15) is 19.2 Å². The first-order chi connectivity index (χ1) is 8.13. The van der Waals surface area contributed by atoms with Gasteiger partial charge in [-0.25, -0.2) is 0 Å². The van der Waals surface area contributed by atoms with E-state index in [-0.39, 0.29) is 26.2 Å². The molecular formula is C10H16N2O5. The summed E-state index contributed by atoms with van der Waals surface area (Å²) < 4.78 is 0. The molecule has 17 heavy (non-hydrogen) atoms. The van der Waals surface area contributed by atoms with Gasteiger partial charge in [-0.1, -0.05) is 0 Å². The Hall–Kier alpha value is -1.60. The maximum Gasteiger partial charge on any atom is 0.317 e. The quantitative estimate of drug-likeness (QED) is 0.431. The molecule has 0 fully saturated rings. The van der Waals surface area contributed by atoms with Crippen molar-refractivity contribution < 1.29 is 24.3 Å². The topological polar surface area (TPSA) is 95.0 Å². The van der Waals surface area contributed by atoms with Gasteiger partial charge in [0, 0.05) is 13.1 Å². The highest BCUT2D eigenvalue weighted by atomic mass is 16.4. The molecule has 0 aliphatic carbocycles. The highest BCUT2D eigenvalue weighted by Crippen LogP contribution is 1.90. The largest absolute Gasteiger partial charge is 0.480 e. The molecule has 0 heterocycles. The Morgan fingerprint density at radius 3 is 1.71 bits per heavy atom. The Morgan fingerprint density at radius 1 is 0.882 bits per heavy atom. The number of carboxylic acids is 1. The minimum Gasteiger partial charge on any atom is -0.480 e. The molecule has 0 unspecified atom stereocenters. The molecule has 1 N–H and O–H groups in total. The highest BCUT2D eigenvalue weighted by Gasteiger charge is 2.11. The number of aliphatic carboxylic acids is 1. The fourth-order valence-electron chi connectivity index (χ4n) is 1.28. The molecule has 0 aromatic carbocycles. The van der Waals surface area contributed by atoms with E-state index < -0.39 is 5.97 Å². The summed E-state index contributed by atoms with van der Waals surface area (Å²) in [5.41, 5.74) is 0. The Morgan fingerprint density at radius 2 is 1.29 bits per heavy atom. The van der Waals surface area contributed by atoms with Crippen molar-refractivity contribution in [2.45, 2.75) is 0 Å². The van der Waals surface area contributed by atoms with E-state index in [1.807, 2.05) is 0 Å². The molecule has 0 saturated carbocycles. The van der Waals surface area contributed by atoms with Crippen molar-refractivity contribution in [1.29, 1.82) is 0 Å². The van der Waals surface area contributed by atoms with Gasteiger partial charge in [-0.3, -0.25) is 14.6 Å². The van der Waals surface area contributed by atoms with E-state index in [2.05, 4.69) is 0 Å². The van der Waals surface area contributed by atoms with Crippen molar-refractivity contribution in [3.63, 3.8) is 0 Å². The number of hydrogen-bond donors (Lipinski definition) is 1. The van der Waals surface area contributed by atoms with E-state index in [0.717, 1.165) is 0 Å². The predicted molar refractivity (Wildman–Crippen MR) is 58.7 cm³/mol. The van der Waals surface area contributed by atoms with Crippen LogP contribution < -0.4 is 0 Å². The number of rotatable bonds is 11. The lowest BCUT2D eigenvalue weighted by Gasteiger charge is -2.22. The van der Waals surface area contributed by atoms with Crippen LogP contribution in [-0.2, 0) is 19.2 Å². The summed E-state index contributed by atoms with van der Waals surface area (Å²) in [4.78, 5) is 44.5. The second-order valence-electron chi connectivity index (χ2n) is 3.39. The number of carboxylic acid groups (broad SMARTS) is 1. The molecule has 0 saturated heterocycles. The van der Waals surface area contributed by atoms with Gasteiger partial charge in [0.25, 0.3) is 0 Å². The van der Waals surface area contributed by atoms with E-state index in [0.29, 0.717) is 31.9 Å². The molecule has 0 rings (SSSR count). The van der Waals surface area contributed by atoms with E-state index in [1.54, 1.807) is 4.90 Å². The van der Waals surface area contributed by atoms with Crippen LogP contribution in [0.25, 0.3) is 0 Å². The second kappa shape index (κ2) is 9.61. The molecule has 96 valence electrons. The number of hydrogen-bond acceptors (Lipinski definition) is 6. The third-order valence-corrected chi connectivity index (χ3v) is 2.09. The van der Waals surface area contributed by atoms with Crippen molar-refractivity contribution in [3.8, 4) is 0 Å². The molecule has 7 heteroatoms. The summed E-state index contributed by atoms with van der Waals surface area (Å²) in [7, 11) is 0. The number of carbonyl (C=O) groups excluding carboxylic acids is 3. The van der Waals surface area contributed by atoms with Gasteiger partial charge in [-0.05, 0) is 0 Å². The van der Waals surface area contributed by atoms with Crippen molar-refractivity contribution in [2.75, 3.05) is 39.3 Å². The van der Waals surface area contributed by atoms with Crippen LogP contribution in [0.2, 0.25) is 0 Å². The van der Waals surface area contributed by atoms with Crippen LogP contribution in [0.15, 0.2) is 0 Å². The number of aldehydes is 3. The van der Waals surface area contributed by atoms with Gasteiger partial charge in [0.05, 0.1) is 26.2 Å². The lowest BCUT2D eigenvalue weighted by molar-refractivity contribution is -0.138. The van der Waals surface area contributed by atoms with E-state index >= 15 is 0 Å². The fraction of sp³-hybridized carbons (Fsp3) is 0.600. The lowest BCUT2D eigenvalue weighted by Crippen LogP contribution is -2.40. The van der Waals surface area contributed by atoms with Gasteiger partial charge in [-0.2, -0.15) is 0 Å². The predicted octanol–water partition coefficient (Wildman–Crippen LogP) is -1.73. The summed E-state index contributed by atoms with van der Waals surface area (Å²) >= 11 is 0. The first-order valence-corrected chi connectivity index (χ1v) is 5.11. The second-order valence-corrected chi connectivity index (χ2v) is 3.39. The zero-order valence-electron chi connectivity index (χ0n) is 9.45. The molecule has 0 bridgehead atoms. The molecule has 0 spiro atoms. The molecule has 0 atom stereocenters. The summed E-state index contributed by atoms with van der Waals surface area (Å²) in [6.07, 6.45) is 1.96. The maximum atomic E-state index is 10.5. The SMILES string of the molecule is O=CCN(CC=O)CCN(CC=O)CC(=O)O. The number of carbonyl (C=O) groups is 4. The molecule has 0 aromatic heterocycles. The smallest absolute Gasteiger partial charge is 0.317 e. The fourth-order valence-corrected chi connectivity index (χ4v) is 1.28. The van der Waals surface area contributed by atoms with E-state index in [1.165, 1.54) is 4.90 Å². The lowest BCUT2D eigenvalue weighted by atomic mass is 10.4. The Kier molecular flexibility index (Phi) is 8.71. The minimum atomic E-state index is -1.02. The first-order valence-electron chi connectivity index (χ1n) is 5.11. The molecule has 0 aliphatic rings. The summed E-state index contributed by atoms with van der Waals surface area (Å²) in [5, 5.41) is 8.60. The van der Waals surface area contributed by atoms with Crippen molar-refractivity contribution in [1.82, 2.24) is 9.80 Å². The molecular weight excluding hydrogens is 228 g/mol. The molecule has 0 amide bonds. The Labute approximate surface area is 99.0 Å². The minimum absolute atomic E-state index is 0.0162. The molecule has 0 aliphatic heterocycles. The molecule has 0 aromatic rings. The van der Waals surface area contributed by atoms with E-state index in [4.69, 9.17) is 5.11 Å². The van der Waals surface area contributed by atoms with Gasteiger partial charge in [0.1, 0.15) is 18.9 Å². The average molecular weight is 244 g/mol. The standard InChI is InChI=1S/C10H16N2O5/c13-6-3-11(4-7-14)1-2-12(5-8-15)9-10(16)17/h6-8H,1-5,9H2,(H,16,17). The zero-order chi connectivity index (χ0) is 13.1. The van der Waals surface area contributed by atoms with Crippen LogP contribution in [-0.4, -0.2) is 79.0 Å². The van der Waals surface area contributed by atoms with Crippen LogP contribution in [0.1, 0.15) is 0 Å².